The van der Waals surface area contributed by atoms with Gasteiger partial charge in [0, 0.05) is 5.02 Å². The second-order valence-electron chi connectivity index (χ2n) is 7.24. The van der Waals surface area contributed by atoms with Crippen LogP contribution in [0.2, 0.25) is 5.02 Å². The molecule has 6 nitrogen and oxygen atoms in total. The summed E-state index contributed by atoms with van der Waals surface area (Å²) in [5, 5.41) is 1.99. The van der Waals surface area contributed by atoms with E-state index in [2.05, 4.69) is 5.32 Å². The van der Waals surface area contributed by atoms with E-state index in [1.165, 1.54) is 37.4 Å². The maximum absolute atomic E-state index is 13.6. The van der Waals surface area contributed by atoms with Crippen LogP contribution < -0.4 is 14.4 Å². The Labute approximate surface area is 200 Å². The highest BCUT2D eigenvalue weighted by Crippen LogP contribution is 2.37. The fourth-order valence-electron chi connectivity index (χ4n) is 3.19. The predicted molar refractivity (Wildman–Crippen MR) is 124 cm³/mol. The quantitative estimate of drug-likeness (QED) is 0.453. The van der Waals surface area contributed by atoms with E-state index in [1.54, 1.807) is 31.2 Å². The van der Waals surface area contributed by atoms with Gasteiger partial charge in [-0.1, -0.05) is 35.9 Å². The molecule has 3 aromatic carbocycles. The maximum Gasteiger partial charge on any atom is 0.418 e. The van der Waals surface area contributed by atoms with Crippen molar-refractivity contribution in [1.82, 2.24) is 0 Å². The van der Waals surface area contributed by atoms with Crippen molar-refractivity contribution in [1.29, 1.82) is 0 Å². The van der Waals surface area contributed by atoms with Crippen LogP contribution in [0, 0.1) is 6.92 Å². The second kappa shape index (κ2) is 9.94. The third kappa shape index (κ3) is 5.63. The van der Waals surface area contributed by atoms with Gasteiger partial charge >= 0.3 is 6.18 Å². The SMILES string of the molecule is COc1ccc(C)cc1S(=O)(=O)N(CC(=O)Nc1ccc(Cl)cc1C(F)(F)F)c1ccccc1. The zero-order valence-electron chi connectivity index (χ0n) is 18.1. The van der Waals surface area contributed by atoms with E-state index >= 15 is 0 Å². The highest BCUT2D eigenvalue weighted by atomic mass is 35.5. The number of aryl methyl sites for hydroxylation is 1. The molecule has 3 aromatic rings. The summed E-state index contributed by atoms with van der Waals surface area (Å²) >= 11 is 5.68. The summed E-state index contributed by atoms with van der Waals surface area (Å²) < 4.78 is 73.4. The fraction of sp³-hybridized carbons (Fsp3) is 0.174. The summed E-state index contributed by atoms with van der Waals surface area (Å²) in [5.74, 6) is -0.920. The molecule has 0 fully saturated rings. The van der Waals surface area contributed by atoms with Crippen LogP contribution >= 0.6 is 11.6 Å². The normalized spacial score (nSPS) is 11.7. The number of amides is 1. The molecule has 0 aliphatic carbocycles. The van der Waals surface area contributed by atoms with Crippen LogP contribution in [0.4, 0.5) is 24.5 Å². The number of hydrogen-bond acceptors (Lipinski definition) is 4. The fourth-order valence-corrected chi connectivity index (χ4v) is 5.03. The number of carbonyl (C=O) groups is 1. The molecule has 0 radical (unpaired) electrons. The Hall–Kier alpha value is -3.24. The number of carbonyl (C=O) groups excluding carboxylic acids is 1. The number of methoxy groups -OCH3 is 1. The zero-order chi connectivity index (χ0) is 25.1. The summed E-state index contributed by atoms with van der Waals surface area (Å²) in [6.07, 6.45) is -4.78. The van der Waals surface area contributed by atoms with E-state index in [-0.39, 0.29) is 21.4 Å². The number of ether oxygens (including phenoxy) is 1. The summed E-state index contributed by atoms with van der Waals surface area (Å²) in [7, 11) is -3.04. The molecule has 0 spiro atoms. The average Bonchev–Trinajstić information content (AvgIpc) is 2.78. The van der Waals surface area contributed by atoms with E-state index in [9.17, 15) is 26.4 Å². The monoisotopic (exact) mass is 512 g/mol. The Kier molecular flexibility index (Phi) is 7.42. The summed E-state index contributed by atoms with van der Waals surface area (Å²) in [6, 6.07) is 15.2. The van der Waals surface area contributed by atoms with Crippen LogP contribution in [0.1, 0.15) is 11.1 Å². The van der Waals surface area contributed by atoms with Gasteiger partial charge in [0.25, 0.3) is 10.0 Å². The van der Waals surface area contributed by atoms with E-state index < -0.39 is 39.9 Å². The number of rotatable bonds is 7. The number of nitrogens with one attached hydrogen (secondary N) is 1. The molecule has 0 saturated heterocycles. The molecule has 0 bridgehead atoms. The zero-order valence-corrected chi connectivity index (χ0v) is 19.6. The van der Waals surface area contributed by atoms with Gasteiger partial charge in [-0.2, -0.15) is 13.2 Å². The van der Waals surface area contributed by atoms with Crippen molar-refractivity contribution < 1.29 is 31.1 Å². The molecule has 3 rings (SSSR count). The number of hydrogen-bond donors (Lipinski definition) is 1. The minimum atomic E-state index is -4.78. The number of benzene rings is 3. The summed E-state index contributed by atoms with van der Waals surface area (Å²) in [6.45, 7) is 0.903. The summed E-state index contributed by atoms with van der Waals surface area (Å²) in [5.41, 5.74) is -0.913. The van der Waals surface area contributed by atoms with Crippen molar-refractivity contribution in [3.05, 3.63) is 82.9 Å². The topological polar surface area (TPSA) is 75.7 Å². The van der Waals surface area contributed by atoms with Gasteiger partial charge in [0.1, 0.15) is 17.2 Å². The number of alkyl halides is 3. The predicted octanol–water partition coefficient (Wildman–Crippen LogP) is 5.51. The van der Waals surface area contributed by atoms with Gasteiger partial charge in [-0.05, 0) is 55.0 Å². The molecular formula is C23H20ClF3N2O4S. The van der Waals surface area contributed by atoms with Crippen molar-refractivity contribution in [2.45, 2.75) is 18.0 Å². The lowest BCUT2D eigenvalue weighted by Crippen LogP contribution is -2.38. The molecule has 11 heteroatoms. The minimum Gasteiger partial charge on any atom is -0.495 e. The third-order valence-corrected chi connectivity index (χ3v) is 6.81. The number of anilines is 2. The number of nitrogens with zero attached hydrogens (tertiary/aromatic N) is 1. The first-order chi connectivity index (χ1) is 15.9. The molecule has 0 saturated carbocycles. The first-order valence-electron chi connectivity index (χ1n) is 9.82. The van der Waals surface area contributed by atoms with E-state index in [0.29, 0.717) is 11.6 Å². The van der Waals surface area contributed by atoms with E-state index in [0.717, 1.165) is 10.4 Å². The van der Waals surface area contributed by atoms with Crippen molar-refractivity contribution >= 4 is 38.9 Å². The molecule has 1 amide bonds. The standard InChI is InChI=1S/C23H20ClF3N2O4S/c1-15-8-11-20(33-2)21(12-15)34(31,32)29(17-6-4-3-5-7-17)14-22(30)28-19-10-9-16(24)13-18(19)23(25,26)27/h3-13H,14H2,1-2H3,(H,28,30). The van der Waals surface area contributed by atoms with E-state index in [1.807, 2.05) is 0 Å². The van der Waals surface area contributed by atoms with Gasteiger partial charge in [-0.15, -0.1) is 0 Å². The molecule has 0 heterocycles. The van der Waals surface area contributed by atoms with Gasteiger partial charge in [-0.25, -0.2) is 8.42 Å². The lowest BCUT2D eigenvalue weighted by atomic mass is 10.1. The maximum atomic E-state index is 13.6. The van der Waals surface area contributed by atoms with Crippen LogP contribution in [0.3, 0.4) is 0 Å². The number of sulfonamides is 1. The number of halogens is 4. The van der Waals surface area contributed by atoms with Crippen LogP contribution in [0.15, 0.2) is 71.6 Å². The Bertz CT molecular complexity index is 1300. The van der Waals surface area contributed by atoms with Gasteiger partial charge < -0.3 is 10.1 Å². The lowest BCUT2D eigenvalue weighted by molar-refractivity contribution is -0.137. The molecule has 0 aromatic heterocycles. The lowest BCUT2D eigenvalue weighted by Gasteiger charge is -2.25. The Morgan fingerprint density at radius 3 is 2.35 bits per heavy atom. The Balaban J connectivity index is 2.02. The van der Waals surface area contributed by atoms with Gasteiger partial charge in [0.05, 0.1) is 24.0 Å². The molecular weight excluding hydrogens is 493 g/mol. The first-order valence-corrected chi connectivity index (χ1v) is 11.6. The van der Waals surface area contributed by atoms with E-state index in [4.69, 9.17) is 16.3 Å². The van der Waals surface area contributed by atoms with Crippen LogP contribution in [-0.2, 0) is 21.0 Å². The van der Waals surface area contributed by atoms with Crippen LogP contribution in [0.5, 0.6) is 5.75 Å². The van der Waals surface area contributed by atoms with Crippen molar-refractivity contribution in [2.24, 2.45) is 0 Å². The van der Waals surface area contributed by atoms with Crippen molar-refractivity contribution in [2.75, 3.05) is 23.3 Å². The van der Waals surface area contributed by atoms with Gasteiger partial charge in [-0.3, -0.25) is 9.10 Å². The second-order valence-corrected chi connectivity index (χ2v) is 9.50. The smallest absolute Gasteiger partial charge is 0.418 e. The molecule has 180 valence electrons. The molecule has 0 aliphatic rings. The molecule has 0 aliphatic heterocycles. The summed E-state index contributed by atoms with van der Waals surface area (Å²) in [4.78, 5) is 12.6. The molecule has 0 unspecified atom stereocenters. The van der Waals surface area contributed by atoms with Gasteiger partial charge in [0.2, 0.25) is 5.91 Å². The molecule has 0 atom stereocenters. The largest absolute Gasteiger partial charge is 0.495 e. The van der Waals surface area contributed by atoms with Crippen molar-refractivity contribution in [3.63, 3.8) is 0 Å². The number of para-hydroxylation sites is 1. The highest BCUT2D eigenvalue weighted by molar-refractivity contribution is 7.93. The third-order valence-electron chi connectivity index (χ3n) is 4.78. The Morgan fingerprint density at radius 1 is 1.06 bits per heavy atom. The first kappa shape index (κ1) is 25.4. The molecule has 34 heavy (non-hydrogen) atoms. The average molecular weight is 513 g/mol. The van der Waals surface area contributed by atoms with Gasteiger partial charge in [0.15, 0.2) is 0 Å². The highest BCUT2D eigenvalue weighted by Gasteiger charge is 2.35. The Morgan fingerprint density at radius 2 is 1.74 bits per heavy atom. The minimum absolute atomic E-state index is 0.0593. The molecule has 1 N–H and O–H groups in total. The van der Waals surface area contributed by atoms with Crippen molar-refractivity contribution in [3.8, 4) is 5.75 Å². The van der Waals surface area contributed by atoms with Crippen LogP contribution in [-0.4, -0.2) is 28.0 Å². The van der Waals surface area contributed by atoms with Crippen LogP contribution in [0.25, 0.3) is 0 Å².